The van der Waals surface area contributed by atoms with Crippen molar-refractivity contribution in [2.75, 3.05) is 24.8 Å². The smallest absolute Gasteiger partial charge is 0.411 e. The monoisotopic (exact) mass is 398 g/mol. The molecule has 3 rings (SSSR count). The number of hydrogen-bond acceptors (Lipinski definition) is 6. The number of anilines is 2. The fraction of sp³-hybridized carbons (Fsp3) is 0.263. The van der Waals surface area contributed by atoms with Crippen LogP contribution in [-0.2, 0) is 9.57 Å². The van der Waals surface area contributed by atoms with Gasteiger partial charge >= 0.3 is 12.1 Å². The lowest BCUT2D eigenvalue weighted by molar-refractivity contribution is -0.0598. The van der Waals surface area contributed by atoms with E-state index in [4.69, 9.17) is 9.57 Å². The van der Waals surface area contributed by atoms with Gasteiger partial charge in [0.2, 0.25) is 5.78 Å². The molecule has 0 aliphatic carbocycles. The van der Waals surface area contributed by atoms with E-state index >= 15 is 0 Å². The normalized spacial score (nSPS) is 10.8. The van der Waals surface area contributed by atoms with E-state index in [1.807, 2.05) is 12.1 Å². The third kappa shape index (κ3) is 4.99. The number of hydroxylamine groups is 2. The standard InChI is InChI=1S/C19H22N6O4/c1-12(2)29-19(27)22-15-9-20-17-23-16(11-25(17)10-15)13-6-5-7-14(8-13)21-18(26)24(3)28-4/h5-12H,1-4H3,(H,21,26)(H,22,27). The molecule has 2 N–H and O–H groups in total. The van der Waals surface area contributed by atoms with Crippen molar-refractivity contribution < 1.29 is 19.2 Å². The minimum atomic E-state index is -0.550. The fourth-order valence-electron chi connectivity index (χ4n) is 2.49. The Balaban J connectivity index is 1.81. The molecule has 0 spiro atoms. The van der Waals surface area contributed by atoms with Crippen LogP contribution in [-0.4, -0.2) is 51.8 Å². The first-order chi connectivity index (χ1) is 13.9. The predicted molar refractivity (Wildman–Crippen MR) is 107 cm³/mol. The summed E-state index contributed by atoms with van der Waals surface area (Å²) in [6.07, 6.45) is 4.21. The molecule has 0 aliphatic heterocycles. The highest BCUT2D eigenvalue weighted by Crippen LogP contribution is 2.23. The zero-order valence-electron chi connectivity index (χ0n) is 16.5. The summed E-state index contributed by atoms with van der Waals surface area (Å²) in [7, 11) is 2.92. The van der Waals surface area contributed by atoms with Crippen LogP contribution >= 0.6 is 0 Å². The first-order valence-electron chi connectivity index (χ1n) is 8.87. The number of nitrogens with one attached hydrogen (secondary N) is 2. The maximum Gasteiger partial charge on any atom is 0.411 e. The third-order valence-electron chi connectivity index (χ3n) is 3.87. The van der Waals surface area contributed by atoms with Crippen LogP contribution in [0.1, 0.15) is 13.8 Å². The molecule has 3 amide bonds. The Hall–Kier alpha value is -3.66. The summed E-state index contributed by atoms with van der Waals surface area (Å²) in [5.74, 6) is 0.469. The van der Waals surface area contributed by atoms with Crippen molar-refractivity contribution in [1.29, 1.82) is 0 Å². The lowest BCUT2D eigenvalue weighted by Crippen LogP contribution is -2.30. The van der Waals surface area contributed by atoms with Gasteiger partial charge in [-0.15, -0.1) is 0 Å². The number of urea groups is 1. The summed E-state index contributed by atoms with van der Waals surface area (Å²) >= 11 is 0. The van der Waals surface area contributed by atoms with Crippen LogP contribution in [0.2, 0.25) is 0 Å². The minimum absolute atomic E-state index is 0.219. The highest BCUT2D eigenvalue weighted by atomic mass is 16.7. The molecule has 29 heavy (non-hydrogen) atoms. The zero-order chi connectivity index (χ0) is 21.0. The van der Waals surface area contributed by atoms with Crippen LogP contribution in [0.25, 0.3) is 17.0 Å². The van der Waals surface area contributed by atoms with Gasteiger partial charge in [0.05, 0.1) is 30.8 Å². The number of ether oxygens (including phenoxy) is 1. The van der Waals surface area contributed by atoms with E-state index in [-0.39, 0.29) is 6.10 Å². The molecule has 0 atom stereocenters. The van der Waals surface area contributed by atoms with Crippen molar-refractivity contribution in [3.05, 3.63) is 42.9 Å². The maximum atomic E-state index is 11.9. The van der Waals surface area contributed by atoms with Crippen LogP contribution < -0.4 is 10.6 Å². The summed E-state index contributed by atoms with van der Waals surface area (Å²) in [5, 5.41) is 6.44. The van der Waals surface area contributed by atoms with Gasteiger partial charge in [0.15, 0.2) is 0 Å². The predicted octanol–water partition coefficient (Wildman–Crippen LogP) is 3.38. The molecule has 2 heterocycles. The number of nitrogens with zero attached hydrogens (tertiary/aromatic N) is 4. The maximum absolute atomic E-state index is 11.9. The topological polar surface area (TPSA) is 110 Å². The molecule has 10 nitrogen and oxygen atoms in total. The molecular weight excluding hydrogens is 376 g/mol. The third-order valence-corrected chi connectivity index (χ3v) is 3.87. The van der Waals surface area contributed by atoms with Gasteiger partial charge in [-0.3, -0.25) is 14.6 Å². The number of fused-ring (bicyclic) bond motifs is 1. The van der Waals surface area contributed by atoms with Gasteiger partial charge in [-0.05, 0) is 26.0 Å². The molecule has 0 fully saturated rings. The van der Waals surface area contributed by atoms with Crippen LogP contribution in [0.5, 0.6) is 0 Å². The van der Waals surface area contributed by atoms with E-state index in [0.717, 1.165) is 10.6 Å². The molecule has 0 aliphatic rings. The summed E-state index contributed by atoms with van der Waals surface area (Å²) in [4.78, 5) is 37.3. The van der Waals surface area contributed by atoms with Crippen molar-refractivity contribution in [1.82, 2.24) is 19.4 Å². The lowest BCUT2D eigenvalue weighted by atomic mass is 10.1. The Bertz CT molecular complexity index is 1030. The summed E-state index contributed by atoms with van der Waals surface area (Å²) < 4.78 is 6.76. The average Bonchev–Trinajstić information content (AvgIpc) is 3.10. The first-order valence-corrected chi connectivity index (χ1v) is 8.87. The van der Waals surface area contributed by atoms with Gasteiger partial charge in [0.1, 0.15) is 0 Å². The number of rotatable bonds is 5. The van der Waals surface area contributed by atoms with Gasteiger partial charge < -0.3 is 10.1 Å². The largest absolute Gasteiger partial charge is 0.447 e. The van der Waals surface area contributed by atoms with E-state index in [1.165, 1.54) is 20.4 Å². The van der Waals surface area contributed by atoms with E-state index in [1.54, 1.807) is 42.8 Å². The summed E-state index contributed by atoms with van der Waals surface area (Å²) in [5.41, 5.74) is 2.54. The number of carbonyl (C=O) groups is 2. The number of aromatic nitrogens is 3. The molecule has 3 aromatic rings. The van der Waals surface area contributed by atoms with Gasteiger partial charge in [-0.25, -0.2) is 24.6 Å². The Morgan fingerprint density at radius 2 is 1.97 bits per heavy atom. The van der Waals surface area contributed by atoms with E-state index in [9.17, 15) is 9.59 Å². The number of benzene rings is 1. The van der Waals surface area contributed by atoms with Crippen LogP contribution in [0.4, 0.5) is 21.0 Å². The number of hydrogen-bond donors (Lipinski definition) is 2. The second kappa shape index (κ2) is 8.57. The second-order valence-electron chi connectivity index (χ2n) is 6.45. The Kier molecular flexibility index (Phi) is 5.93. The molecule has 2 aromatic heterocycles. The minimum Gasteiger partial charge on any atom is -0.447 e. The van der Waals surface area contributed by atoms with Crippen molar-refractivity contribution in [2.24, 2.45) is 0 Å². The van der Waals surface area contributed by atoms with Crippen LogP contribution in [0, 0.1) is 0 Å². The lowest BCUT2D eigenvalue weighted by Gasteiger charge is -2.14. The average molecular weight is 398 g/mol. The second-order valence-corrected chi connectivity index (χ2v) is 6.45. The fourth-order valence-corrected chi connectivity index (χ4v) is 2.49. The van der Waals surface area contributed by atoms with Crippen molar-refractivity contribution in [3.8, 4) is 11.3 Å². The Morgan fingerprint density at radius 3 is 2.69 bits per heavy atom. The molecule has 152 valence electrons. The molecule has 1 aromatic carbocycles. The molecule has 0 saturated carbocycles. The van der Waals surface area contributed by atoms with Gasteiger partial charge in [-0.2, -0.15) is 0 Å². The SMILES string of the molecule is CON(C)C(=O)Nc1cccc(-c2cn3cc(NC(=O)OC(C)C)cnc3n2)c1. The molecule has 10 heteroatoms. The highest BCUT2D eigenvalue weighted by molar-refractivity contribution is 5.89. The number of imidazole rings is 1. The summed E-state index contributed by atoms with van der Waals surface area (Å²) in [6, 6.07) is 6.84. The molecule has 0 radical (unpaired) electrons. The van der Waals surface area contributed by atoms with Crippen molar-refractivity contribution >= 4 is 29.3 Å². The molecule has 0 bridgehead atoms. The first kappa shape index (κ1) is 20.1. The number of amides is 3. The quantitative estimate of drug-likeness (QED) is 0.638. The van der Waals surface area contributed by atoms with Crippen molar-refractivity contribution in [2.45, 2.75) is 20.0 Å². The zero-order valence-corrected chi connectivity index (χ0v) is 16.5. The molecule has 0 saturated heterocycles. The van der Waals surface area contributed by atoms with E-state index < -0.39 is 12.1 Å². The van der Waals surface area contributed by atoms with Crippen LogP contribution in [0.15, 0.2) is 42.9 Å². The number of carbonyl (C=O) groups excluding carboxylic acids is 2. The van der Waals surface area contributed by atoms with Gasteiger partial charge in [-0.1, -0.05) is 12.1 Å². The summed E-state index contributed by atoms with van der Waals surface area (Å²) in [6.45, 7) is 3.54. The van der Waals surface area contributed by atoms with Crippen LogP contribution in [0.3, 0.4) is 0 Å². The van der Waals surface area contributed by atoms with Crippen molar-refractivity contribution in [3.63, 3.8) is 0 Å². The van der Waals surface area contributed by atoms with E-state index in [2.05, 4.69) is 20.6 Å². The highest BCUT2D eigenvalue weighted by Gasteiger charge is 2.11. The molecular formula is C19H22N6O4. The Labute approximate surface area is 167 Å². The molecule has 0 unspecified atom stereocenters. The van der Waals surface area contributed by atoms with Gasteiger partial charge in [0.25, 0.3) is 0 Å². The Morgan fingerprint density at radius 1 is 1.17 bits per heavy atom. The van der Waals surface area contributed by atoms with Gasteiger partial charge in [0, 0.05) is 30.7 Å². The van der Waals surface area contributed by atoms with E-state index in [0.29, 0.717) is 22.8 Å².